The number of imide groups is 1. The van der Waals surface area contributed by atoms with E-state index in [2.05, 4.69) is 4.98 Å². The van der Waals surface area contributed by atoms with E-state index in [0.717, 1.165) is 0 Å². The van der Waals surface area contributed by atoms with Crippen LogP contribution in [-0.2, 0) is 9.59 Å². The molecule has 8 heteroatoms. The third-order valence-corrected chi connectivity index (χ3v) is 2.95. The number of carboxylic acid groups (broad SMARTS) is 2. The van der Waals surface area contributed by atoms with Gasteiger partial charge in [0.05, 0.1) is 11.1 Å². The highest BCUT2D eigenvalue weighted by atomic mass is 16.4. The Bertz CT molecular complexity index is 577. The lowest BCUT2D eigenvalue weighted by molar-refractivity contribution is -0.142. The number of aliphatic carboxylic acids is 2. The monoisotopic (exact) mass is 278 g/mol. The molecule has 1 atom stereocenters. The van der Waals surface area contributed by atoms with Crippen molar-refractivity contribution in [3.05, 3.63) is 29.6 Å². The molecule has 0 saturated carbocycles. The van der Waals surface area contributed by atoms with Gasteiger partial charge in [-0.1, -0.05) is 0 Å². The lowest BCUT2D eigenvalue weighted by atomic mass is 10.1. The minimum absolute atomic E-state index is 0.0269. The third kappa shape index (κ3) is 2.22. The van der Waals surface area contributed by atoms with Crippen LogP contribution in [0.15, 0.2) is 18.5 Å². The molecule has 2 heterocycles. The van der Waals surface area contributed by atoms with E-state index in [4.69, 9.17) is 10.2 Å². The summed E-state index contributed by atoms with van der Waals surface area (Å²) in [6.07, 6.45) is 1.71. The number of amides is 2. The molecular weight excluding hydrogens is 268 g/mol. The Balaban J connectivity index is 2.32. The summed E-state index contributed by atoms with van der Waals surface area (Å²) in [7, 11) is 0. The maximum Gasteiger partial charge on any atom is 0.326 e. The van der Waals surface area contributed by atoms with Crippen molar-refractivity contribution < 1.29 is 29.4 Å². The number of nitrogens with zero attached hydrogens (tertiary/aromatic N) is 2. The Morgan fingerprint density at radius 3 is 2.40 bits per heavy atom. The number of hydrogen-bond acceptors (Lipinski definition) is 5. The van der Waals surface area contributed by atoms with Crippen molar-refractivity contribution in [2.75, 3.05) is 0 Å². The molecule has 0 fully saturated rings. The van der Waals surface area contributed by atoms with Crippen LogP contribution in [0.25, 0.3) is 0 Å². The average molecular weight is 278 g/mol. The average Bonchev–Trinajstić information content (AvgIpc) is 2.64. The lowest BCUT2D eigenvalue weighted by Crippen LogP contribution is -2.45. The molecule has 8 nitrogen and oxygen atoms in total. The van der Waals surface area contributed by atoms with Crippen LogP contribution < -0.4 is 0 Å². The van der Waals surface area contributed by atoms with Crippen molar-refractivity contribution in [1.82, 2.24) is 9.88 Å². The normalized spacial score (nSPS) is 15.1. The van der Waals surface area contributed by atoms with Gasteiger partial charge < -0.3 is 10.2 Å². The Morgan fingerprint density at radius 2 is 1.85 bits per heavy atom. The fraction of sp³-hybridized carbons (Fsp3) is 0.250. The molecule has 1 aliphatic rings. The first-order valence-corrected chi connectivity index (χ1v) is 5.70. The number of fused-ring (bicyclic) bond motifs is 1. The summed E-state index contributed by atoms with van der Waals surface area (Å²) < 4.78 is 0. The van der Waals surface area contributed by atoms with Gasteiger partial charge in [0, 0.05) is 18.8 Å². The summed E-state index contributed by atoms with van der Waals surface area (Å²) in [4.78, 5) is 50.1. The molecule has 1 unspecified atom stereocenters. The van der Waals surface area contributed by atoms with E-state index in [9.17, 15) is 19.2 Å². The number of hydrogen-bond donors (Lipinski definition) is 2. The van der Waals surface area contributed by atoms with Gasteiger partial charge in [-0.2, -0.15) is 0 Å². The van der Waals surface area contributed by atoms with Gasteiger partial charge in [0.1, 0.15) is 6.04 Å². The van der Waals surface area contributed by atoms with E-state index in [1.54, 1.807) is 0 Å². The number of carboxylic acids is 2. The van der Waals surface area contributed by atoms with Crippen LogP contribution in [0.2, 0.25) is 0 Å². The van der Waals surface area contributed by atoms with Gasteiger partial charge in [-0.15, -0.1) is 0 Å². The van der Waals surface area contributed by atoms with Crippen molar-refractivity contribution in [2.24, 2.45) is 0 Å². The van der Waals surface area contributed by atoms with Crippen LogP contribution in [0.1, 0.15) is 33.6 Å². The maximum atomic E-state index is 12.1. The zero-order chi connectivity index (χ0) is 14.9. The summed E-state index contributed by atoms with van der Waals surface area (Å²) in [5.41, 5.74) is 0.102. The van der Waals surface area contributed by atoms with Crippen LogP contribution in [0, 0.1) is 0 Å². The lowest BCUT2D eigenvalue weighted by Gasteiger charge is -2.21. The molecule has 0 aromatic carbocycles. The minimum Gasteiger partial charge on any atom is -0.481 e. The van der Waals surface area contributed by atoms with Crippen molar-refractivity contribution >= 4 is 23.8 Å². The van der Waals surface area contributed by atoms with Crippen LogP contribution in [-0.4, -0.2) is 49.9 Å². The van der Waals surface area contributed by atoms with E-state index in [1.807, 2.05) is 0 Å². The molecule has 0 aliphatic carbocycles. The minimum atomic E-state index is -1.50. The second-order valence-corrected chi connectivity index (χ2v) is 4.19. The molecule has 20 heavy (non-hydrogen) atoms. The van der Waals surface area contributed by atoms with Crippen LogP contribution >= 0.6 is 0 Å². The topological polar surface area (TPSA) is 125 Å². The van der Waals surface area contributed by atoms with Crippen molar-refractivity contribution in [3.8, 4) is 0 Å². The molecule has 0 spiro atoms. The molecule has 1 aromatic rings. The van der Waals surface area contributed by atoms with Gasteiger partial charge in [0.15, 0.2) is 0 Å². The first kappa shape index (κ1) is 13.7. The highest BCUT2D eigenvalue weighted by molar-refractivity contribution is 6.22. The highest BCUT2D eigenvalue weighted by Gasteiger charge is 2.42. The molecule has 2 rings (SSSR count). The Morgan fingerprint density at radius 1 is 1.20 bits per heavy atom. The second kappa shape index (κ2) is 5.08. The number of pyridine rings is 1. The molecule has 1 aliphatic heterocycles. The number of aromatic nitrogens is 1. The van der Waals surface area contributed by atoms with Gasteiger partial charge >= 0.3 is 11.9 Å². The summed E-state index contributed by atoms with van der Waals surface area (Å²) in [6, 6.07) is -0.176. The van der Waals surface area contributed by atoms with Gasteiger partial charge in [0.25, 0.3) is 11.8 Å². The molecular formula is C12H10N2O6. The Kier molecular flexibility index (Phi) is 3.47. The number of carbonyl (C=O) groups is 4. The van der Waals surface area contributed by atoms with E-state index in [1.165, 1.54) is 18.5 Å². The fourth-order valence-electron chi connectivity index (χ4n) is 2.01. The second-order valence-electron chi connectivity index (χ2n) is 4.19. The van der Waals surface area contributed by atoms with Crippen molar-refractivity contribution in [1.29, 1.82) is 0 Å². The van der Waals surface area contributed by atoms with E-state index < -0.39 is 36.2 Å². The van der Waals surface area contributed by atoms with Gasteiger partial charge in [-0.05, 0) is 12.5 Å². The summed E-state index contributed by atoms with van der Waals surface area (Å²) in [6.45, 7) is 0. The van der Waals surface area contributed by atoms with Gasteiger partial charge in [0.2, 0.25) is 0 Å². The molecule has 2 N–H and O–H groups in total. The first-order valence-electron chi connectivity index (χ1n) is 5.70. The molecule has 1 aromatic heterocycles. The molecule has 0 radical (unpaired) electrons. The molecule has 104 valence electrons. The Hall–Kier alpha value is -2.77. The zero-order valence-corrected chi connectivity index (χ0v) is 10.1. The van der Waals surface area contributed by atoms with E-state index in [0.29, 0.717) is 4.90 Å². The van der Waals surface area contributed by atoms with Gasteiger partial charge in [-0.3, -0.25) is 24.3 Å². The number of rotatable bonds is 5. The predicted octanol–water partition coefficient (Wildman–Crippen LogP) is -0.00440. The summed E-state index contributed by atoms with van der Waals surface area (Å²) in [5, 5.41) is 17.7. The third-order valence-electron chi connectivity index (χ3n) is 2.95. The first-order chi connectivity index (χ1) is 9.43. The van der Waals surface area contributed by atoms with Gasteiger partial charge in [-0.25, -0.2) is 4.79 Å². The Labute approximate surface area is 112 Å². The SMILES string of the molecule is O=C(O)CCC(C(=O)O)N1C(=O)c2ccncc2C1=O. The van der Waals surface area contributed by atoms with E-state index >= 15 is 0 Å². The zero-order valence-electron chi connectivity index (χ0n) is 10.1. The summed E-state index contributed by atoms with van der Waals surface area (Å²) >= 11 is 0. The molecule has 2 amide bonds. The number of carbonyl (C=O) groups excluding carboxylic acids is 2. The fourth-order valence-corrected chi connectivity index (χ4v) is 2.01. The molecule has 0 bridgehead atoms. The quantitative estimate of drug-likeness (QED) is 0.726. The maximum absolute atomic E-state index is 12.1. The predicted molar refractivity (Wildman–Crippen MR) is 63.0 cm³/mol. The van der Waals surface area contributed by atoms with Crippen molar-refractivity contribution in [3.63, 3.8) is 0 Å². The highest BCUT2D eigenvalue weighted by Crippen LogP contribution is 2.25. The standard InChI is InChI=1S/C12H10N2O6/c15-9(16)2-1-8(12(19)20)14-10(17)6-3-4-13-5-7(6)11(14)18/h3-5,8H,1-2H2,(H,15,16)(H,19,20). The van der Waals surface area contributed by atoms with Crippen LogP contribution in [0.5, 0.6) is 0 Å². The largest absolute Gasteiger partial charge is 0.481 e. The van der Waals surface area contributed by atoms with Crippen molar-refractivity contribution in [2.45, 2.75) is 18.9 Å². The van der Waals surface area contributed by atoms with Crippen LogP contribution in [0.3, 0.4) is 0 Å². The smallest absolute Gasteiger partial charge is 0.326 e. The van der Waals surface area contributed by atoms with Crippen LogP contribution in [0.4, 0.5) is 0 Å². The van der Waals surface area contributed by atoms with E-state index in [-0.39, 0.29) is 17.5 Å². The molecule has 0 saturated heterocycles. The summed E-state index contributed by atoms with van der Waals surface area (Å²) in [5.74, 6) is -4.13.